The van der Waals surface area contributed by atoms with E-state index in [9.17, 15) is 0 Å². The summed E-state index contributed by atoms with van der Waals surface area (Å²) < 4.78 is 14.5. The zero-order valence-electron chi connectivity index (χ0n) is 19.5. The van der Waals surface area contributed by atoms with Crippen LogP contribution < -0.4 is 14.9 Å². The lowest BCUT2D eigenvalue weighted by Gasteiger charge is -2.12. The molecule has 0 fully saturated rings. The van der Waals surface area contributed by atoms with E-state index in [-0.39, 0.29) is 0 Å². The third kappa shape index (κ3) is 4.67. The topological polar surface area (TPSA) is 86.5 Å². The lowest BCUT2D eigenvalue weighted by atomic mass is 10.1. The number of hydrazone groups is 1. The minimum Gasteiger partial charge on any atom is -0.493 e. The first kappa shape index (κ1) is 22.8. The van der Waals surface area contributed by atoms with E-state index in [2.05, 4.69) is 60.7 Å². The summed E-state index contributed by atoms with van der Waals surface area (Å²) in [5, 5.41) is 13.8. The normalized spacial score (nSPS) is 11.4. The fourth-order valence-corrected chi connectivity index (χ4v) is 4.21. The molecular weight excluding hydrogens is 508 g/mol. The Morgan fingerprint density at radius 1 is 1.06 bits per heavy atom. The van der Waals surface area contributed by atoms with E-state index in [0.717, 1.165) is 37.7 Å². The molecule has 5 aromatic rings. The summed E-state index contributed by atoms with van der Waals surface area (Å²) in [7, 11) is 3.57. The SMILES string of the molecule is COc1cc(/C=N/Nc2nnc3c4cc(Br)ccc4n(C)c3n2)ccc1OCc1ccccc1C. The molecular formula is C26H23BrN6O2. The van der Waals surface area contributed by atoms with Crippen molar-refractivity contribution in [3.8, 4) is 11.5 Å². The number of hydrogen-bond acceptors (Lipinski definition) is 7. The molecule has 3 aromatic carbocycles. The molecule has 0 amide bonds. The van der Waals surface area contributed by atoms with Gasteiger partial charge in [-0.15, -0.1) is 10.2 Å². The number of ether oxygens (including phenoxy) is 2. The van der Waals surface area contributed by atoms with Crippen LogP contribution in [-0.4, -0.2) is 33.1 Å². The highest BCUT2D eigenvalue weighted by Gasteiger charge is 2.13. The molecule has 35 heavy (non-hydrogen) atoms. The maximum atomic E-state index is 5.99. The van der Waals surface area contributed by atoms with Crippen molar-refractivity contribution >= 4 is 50.2 Å². The Bertz CT molecular complexity index is 1560. The number of halogens is 1. The number of methoxy groups -OCH3 is 1. The number of anilines is 1. The number of fused-ring (bicyclic) bond motifs is 3. The molecule has 176 valence electrons. The maximum Gasteiger partial charge on any atom is 0.265 e. The van der Waals surface area contributed by atoms with Crippen molar-refractivity contribution in [2.75, 3.05) is 12.5 Å². The molecule has 8 nitrogen and oxygen atoms in total. The molecule has 0 saturated heterocycles. The van der Waals surface area contributed by atoms with Crippen molar-refractivity contribution in [1.82, 2.24) is 19.7 Å². The van der Waals surface area contributed by atoms with Crippen LogP contribution in [0.25, 0.3) is 22.1 Å². The molecule has 0 aliphatic heterocycles. The van der Waals surface area contributed by atoms with Crippen LogP contribution >= 0.6 is 15.9 Å². The average molecular weight is 531 g/mol. The third-order valence-corrected chi connectivity index (χ3v) is 6.26. The van der Waals surface area contributed by atoms with Crippen molar-refractivity contribution in [3.63, 3.8) is 0 Å². The minimum atomic E-state index is 0.309. The van der Waals surface area contributed by atoms with Gasteiger partial charge in [-0.2, -0.15) is 10.1 Å². The summed E-state index contributed by atoms with van der Waals surface area (Å²) in [6.45, 7) is 2.54. The number of benzene rings is 3. The van der Waals surface area contributed by atoms with Crippen molar-refractivity contribution in [2.24, 2.45) is 12.1 Å². The predicted octanol–water partition coefficient (Wildman–Crippen LogP) is 5.62. The molecule has 0 radical (unpaired) electrons. The largest absolute Gasteiger partial charge is 0.493 e. The second-order valence-corrected chi connectivity index (χ2v) is 8.94. The van der Waals surface area contributed by atoms with Crippen LogP contribution in [0.4, 0.5) is 5.95 Å². The van der Waals surface area contributed by atoms with Crippen LogP contribution in [0.3, 0.4) is 0 Å². The summed E-state index contributed by atoms with van der Waals surface area (Å²) in [6.07, 6.45) is 1.67. The highest BCUT2D eigenvalue weighted by atomic mass is 79.9. The first-order valence-electron chi connectivity index (χ1n) is 11.0. The van der Waals surface area contributed by atoms with Gasteiger partial charge in [-0.25, -0.2) is 5.43 Å². The predicted molar refractivity (Wildman–Crippen MR) is 141 cm³/mol. The summed E-state index contributed by atoms with van der Waals surface area (Å²) in [5.74, 6) is 1.61. The Kier molecular flexibility index (Phi) is 6.33. The van der Waals surface area contributed by atoms with Gasteiger partial charge in [0, 0.05) is 16.9 Å². The Morgan fingerprint density at radius 2 is 1.91 bits per heavy atom. The number of rotatable bonds is 7. The van der Waals surface area contributed by atoms with E-state index in [1.807, 2.05) is 60.1 Å². The first-order valence-corrected chi connectivity index (χ1v) is 11.8. The third-order valence-electron chi connectivity index (χ3n) is 5.77. The molecule has 0 aliphatic carbocycles. The molecule has 0 aliphatic rings. The molecule has 0 bridgehead atoms. The van der Waals surface area contributed by atoms with Gasteiger partial charge in [-0.1, -0.05) is 40.2 Å². The van der Waals surface area contributed by atoms with E-state index in [4.69, 9.17) is 9.47 Å². The fraction of sp³-hybridized carbons (Fsp3) is 0.154. The van der Waals surface area contributed by atoms with E-state index in [1.54, 1.807) is 13.3 Å². The zero-order chi connectivity index (χ0) is 24.4. The quantitative estimate of drug-likeness (QED) is 0.217. The Labute approximate surface area is 210 Å². The smallest absolute Gasteiger partial charge is 0.265 e. The highest BCUT2D eigenvalue weighted by molar-refractivity contribution is 9.10. The lowest BCUT2D eigenvalue weighted by molar-refractivity contribution is 0.284. The number of aromatic nitrogens is 4. The molecule has 0 saturated carbocycles. The van der Waals surface area contributed by atoms with Crippen molar-refractivity contribution in [1.29, 1.82) is 0 Å². The van der Waals surface area contributed by atoms with Crippen LogP contribution in [0.5, 0.6) is 11.5 Å². The summed E-state index contributed by atoms with van der Waals surface area (Å²) in [6, 6.07) is 19.8. The molecule has 2 aromatic heterocycles. The molecule has 2 heterocycles. The van der Waals surface area contributed by atoms with Gasteiger partial charge in [0.1, 0.15) is 12.1 Å². The van der Waals surface area contributed by atoms with Crippen molar-refractivity contribution < 1.29 is 9.47 Å². The second-order valence-electron chi connectivity index (χ2n) is 8.02. The summed E-state index contributed by atoms with van der Waals surface area (Å²) >= 11 is 3.51. The van der Waals surface area contributed by atoms with Gasteiger partial charge in [0.15, 0.2) is 17.1 Å². The Balaban J connectivity index is 1.31. The van der Waals surface area contributed by atoms with Crippen LogP contribution in [0.15, 0.2) is 70.2 Å². The number of aryl methyl sites for hydroxylation is 2. The lowest BCUT2D eigenvalue weighted by Crippen LogP contribution is -2.01. The van der Waals surface area contributed by atoms with Gasteiger partial charge in [-0.3, -0.25) is 0 Å². The molecule has 0 unspecified atom stereocenters. The zero-order valence-corrected chi connectivity index (χ0v) is 21.1. The van der Waals surface area contributed by atoms with Crippen LogP contribution in [-0.2, 0) is 13.7 Å². The van der Waals surface area contributed by atoms with Gasteiger partial charge >= 0.3 is 0 Å². The Morgan fingerprint density at radius 3 is 2.74 bits per heavy atom. The van der Waals surface area contributed by atoms with E-state index in [1.165, 1.54) is 5.56 Å². The van der Waals surface area contributed by atoms with Crippen molar-refractivity contribution in [2.45, 2.75) is 13.5 Å². The number of nitrogens with one attached hydrogen (secondary N) is 1. The molecule has 9 heteroatoms. The Hall–Kier alpha value is -3.98. The van der Waals surface area contributed by atoms with Gasteiger partial charge in [0.2, 0.25) is 0 Å². The van der Waals surface area contributed by atoms with Crippen molar-refractivity contribution in [3.05, 3.63) is 81.8 Å². The maximum absolute atomic E-state index is 5.99. The van der Waals surface area contributed by atoms with E-state index >= 15 is 0 Å². The fourth-order valence-electron chi connectivity index (χ4n) is 3.85. The van der Waals surface area contributed by atoms with Crippen LogP contribution in [0.1, 0.15) is 16.7 Å². The monoisotopic (exact) mass is 530 g/mol. The number of hydrogen-bond donors (Lipinski definition) is 1. The summed E-state index contributed by atoms with van der Waals surface area (Å²) in [5.41, 5.74) is 8.51. The molecule has 5 rings (SSSR count). The average Bonchev–Trinajstić information content (AvgIpc) is 3.14. The van der Waals surface area contributed by atoms with Crippen LogP contribution in [0.2, 0.25) is 0 Å². The molecule has 0 atom stereocenters. The molecule has 0 spiro atoms. The van der Waals surface area contributed by atoms with Crippen LogP contribution in [0, 0.1) is 6.92 Å². The summed E-state index contributed by atoms with van der Waals surface area (Å²) in [4.78, 5) is 4.59. The van der Waals surface area contributed by atoms with Gasteiger partial charge in [0.05, 0.1) is 18.8 Å². The molecule has 1 N–H and O–H groups in total. The van der Waals surface area contributed by atoms with Gasteiger partial charge in [0.25, 0.3) is 5.95 Å². The standard InChI is InChI=1S/C26H23BrN6O2/c1-16-6-4-5-7-18(16)15-35-22-11-8-17(12-23(22)34-3)14-28-31-26-29-25-24(30-32-26)20-13-19(27)9-10-21(20)33(25)2/h4-14H,15H2,1-3H3,(H,29,31,32)/b28-14+. The van der Waals surface area contributed by atoms with Gasteiger partial charge in [-0.05, 0) is 60.0 Å². The second kappa shape index (κ2) is 9.71. The minimum absolute atomic E-state index is 0.309. The van der Waals surface area contributed by atoms with E-state index in [0.29, 0.717) is 24.1 Å². The van der Waals surface area contributed by atoms with Gasteiger partial charge < -0.3 is 14.0 Å². The number of nitrogens with zero attached hydrogens (tertiary/aromatic N) is 5. The first-order chi connectivity index (χ1) is 17.0. The van der Waals surface area contributed by atoms with E-state index < -0.39 is 0 Å². The highest BCUT2D eigenvalue weighted by Crippen LogP contribution is 2.29.